The van der Waals surface area contributed by atoms with E-state index in [-0.39, 0.29) is 18.5 Å². The number of halogens is 1. The van der Waals surface area contributed by atoms with Crippen molar-refractivity contribution in [3.63, 3.8) is 0 Å². The summed E-state index contributed by atoms with van der Waals surface area (Å²) in [6.45, 7) is 5.23. The molecule has 0 unspecified atom stereocenters. The van der Waals surface area contributed by atoms with Gasteiger partial charge in [0, 0.05) is 25.3 Å². The molecule has 144 valence electrons. The Morgan fingerprint density at radius 2 is 2.08 bits per heavy atom. The van der Waals surface area contributed by atoms with Gasteiger partial charge in [0.2, 0.25) is 5.91 Å². The Morgan fingerprint density at radius 1 is 1.23 bits per heavy atom. The smallest absolute Gasteiger partial charge is 0.224 e. The fraction of sp³-hybridized carbons (Fsp3) is 0.700. The molecule has 1 aromatic rings. The molecule has 3 heterocycles. The standard InChI is InChI=1S/C20H31FN4O/c21-9-4-11-24-13-7-19(8-14-24)25-12-3-5-17(16-25)20(26)23-15-18-6-1-2-10-22-18/h1-2,6,10,17,19H,3-5,7-9,11-16H2,(H,23,26)/t17-/m0/s1. The lowest BCUT2D eigenvalue weighted by Gasteiger charge is -2.42. The van der Waals surface area contributed by atoms with Crippen LogP contribution in [0.15, 0.2) is 24.4 Å². The normalized spacial score (nSPS) is 23.0. The number of hydrogen-bond donors (Lipinski definition) is 1. The summed E-state index contributed by atoms with van der Waals surface area (Å²) in [5.41, 5.74) is 0.897. The van der Waals surface area contributed by atoms with Gasteiger partial charge in [0.1, 0.15) is 0 Å². The van der Waals surface area contributed by atoms with Crippen LogP contribution in [0.3, 0.4) is 0 Å². The van der Waals surface area contributed by atoms with Crippen LogP contribution >= 0.6 is 0 Å². The molecular weight excluding hydrogens is 331 g/mol. The number of piperidine rings is 2. The quantitative estimate of drug-likeness (QED) is 0.808. The van der Waals surface area contributed by atoms with Crippen molar-refractivity contribution in [3.05, 3.63) is 30.1 Å². The third-order valence-corrected chi connectivity index (χ3v) is 5.67. The molecule has 1 atom stereocenters. The monoisotopic (exact) mass is 362 g/mol. The SMILES string of the molecule is O=C(NCc1ccccn1)[C@H]1CCCN(C2CCN(CCCF)CC2)C1. The molecule has 1 amide bonds. The van der Waals surface area contributed by atoms with Crippen LogP contribution in [0.1, 0.15) is 37.8 Å². The van der Waals surface area contributed by atoms with Crippen LogP contribution < -0.4 is 5.32 Å². The summed E-state index contributed by atoms with van der Waals surface area (Å²) in [5, 5.41) is 3.05. The van der Waals surface area contributed by atoms with Crippen molar-refractivity contribution in [2.75, 3.05) is 39.4 Å². The van der Waals surface area contributed by atoms with Gasteiger partial charge >= 0.3 is 0 Å². The molecule has 2 aliphatic rings. The van der Waals surface area contributed by atoms with Crippen molar-refractivity contribution in [1.29, 1.82) is 0 Å². The van der Waals surface area contributed by atoms with Crippen LogP contribution in [-0.2, 0) is 11.3 Å². The molecular formula is C20H31FN4O. The molecule has 1 N–H and O–H groups in total. The maximum absolute atomic E-state index is 12.6. The molecule has 1 aromatic heterocycles. The third-order valence-electron chi connectivity index (χ3n) is 5.67. The summed E-state index contributed by atoms with van der Waals surface area (Å²) in [6.07, 6.45) is 6.73. The van der Waals surface area contributed by atoms with Crippen LogP contribution in [0, 0.1) is 5.92 Å². The van der Waals surface area contributed by atoms with E-state index in [0.29, 0.717) is 19.0 Å². The van der Waals surface area contributed by atoms with Gasteiger partial charge in [-0.05, 0) is 63.9 Å². The van der Waals surface area contributed by atoms with Crippen molar-refractivity contribution in [2.45, 2.75) is 44.7 Å². The highest BCUT2D eigenvalue weighted by molar-refractivity contribution is 5.78. The Hall–Kier alpha value is -1.53. The number of nitrogens with one attached hydrogen (secondary N) is 1. The van der Waals surface area contributed by atoms with E-state index in [1.165, 1.54) is 0 Å². The van der Waals surface area contributed by atoms with Crippen LogP contribution in [0.4, 0.5) is 4.39 Å². The van der Waals surface area contributed by atoms with Crippen molar-refractivity contribution < 1.29 is 9.18 Å². The lowest BCUT2D eigenvalue weighted by Crippen LogP contribution is -2.50. The fourth-order valence-corrected chi connectivity index (χ4v) is 4.17. The molecule has 5 nitrogen and oxygen atoms in total. The van der Waals surface area contributed by atoms with Gasteiger partial charge in [-0.1, -0.05) is 6.07 Å². The number of likely N-dealkylation sites (tertiary alicyclic amines) is 2. The average Bonchev–Trinajstić information content (AvgIpc) is 2.71. The van der Waals surface area contributed by atoms with Crippen molar-refractivity contribution in [1.82, 2.24) is 20.1 Å². The number of rotatable bonds is 7. The predicted octanol–water partition coefficient (Wildman–Crippen LogP) is 2.23. The van der Waals surface area contributed by atoms with Gasteiger partial charge in [-0.3, -0.25) is 19.1 Å². The van der Waals surface area contributed by atoms with Gasteiger partial charge in [0.15, 0.2) is 0 Å². The molecule has 2 aliphatic heterocycles. The zero-order valence-electron chi connectivity index (χ0n) is 15.6. The van der Waals surface area contributed by atoms with Crippen LogP contribution in [0.2, 0.25) is 0 Å². The number of hydrogen-bond acceptors (Lipinski definition) is 4. The number of amides is 1. The second-order valence-electron chi connectivity index (χ2n) is 7.49. The summed E-state index contributed by atoms with van der Waals surface area (Å²) < 4.78 is 12.3. The first kappa shape index (κ1) is 19.2. The van der Waals surface area contributed by atoms with E-state index in [0.717, 1.165) is 64.1 Å². The summed E-state index contributed by atoms with van der Waals surface area (Å²) in [5.74, 6) is 0.234. The number of aromatic nitrogens is 1. The first-order valence-corrected chi connectivity index (χ1v) is 9.96. The largest absolute Gasteiger partial charge is 0.350 e. The minimum atomic E-state index is -0.221. The van der Waals surface area contributed by atoms with Crippen molar-refractivity contribution >= 4 is 5.91 Å². The van der Waals surface area contributed by atoms with E-state index < -0.39 is 0 Å². The average molecular weight is 362 g/mol. The Bertz CT molecular complexity index is 548. The Morgan fingerprint density at radius 3 is 2.81 bits per heavy atom. The molecule has 26 heavy (non-hydrogen) atoms. The van der Waals surface area contributed by atoms with Crippen molar-refractivity contribution in [2.24, 2.45) is 5.92 Å². The summed E-state index contributed by atoms with van der Waals surface area (Å²) in [7, 11) is 0. The number of nitrogens with zero attached hydrogens (tertiary/aromatic N) is 3. The highest BCUT2D eigenvalue weighted by atomic mass is 19.1. The summed E-state index contributed by atoms with van der Waals surface area (Å²) in [4.78, 5) is 21.7. The topological polar surface area (TPSA) is 48.5 Å². The van der Waals surface area contributed by atoms with Gasteiger partial charge in [0.25, 0.3) is 0 Å². The van der Waals surface area contributed by atoms with E-state index in [4.69, 9.17) is 0 Å². The lowest BCUT2D eigenvalue weighted by molar-refractivity contribution is -0.127. The molecule has 3 rings (SSSR count). The Balaban J connectivity index is 1.43. The highest BCUT2D eigenvalue weighted by Crippen LogP contribution is 2.24. The Labute approximate surface area is 156 Å². The zero-order valence-corrected chi connectivity index (χ0v) is 15.6. The number of pyridine rings is 1. The van der Waals surface area contributed by atoms with Gasteiger partial charge in [-0.25, -0.2) is 0 Å². The maximum Gasteiger partial charge on any atom is 0.224 e. The van der Waals surface area contributed by atoms with Crippen LogP contribution in [0.5, 0.6) is 0 Å². The number of alkyl halides is 1. The molecule has 0 aromatic carbocycles. The second kappa shape index (κ2) is 9.97. The predicted molar refractivity (Wildman–Crippen MR) is 100 cm³/mol. The third kappa shape index (κ3) is 5.48. The van der Waals surface area contributed by atoms with Gasteiger partial charge < -0.3 is 10.2 Å². The molecule has 0 aliphatic carbocycles. The molecule has 0 saturated carbocycles. The Kier molecular flexibility index (Phi) is 7.38. The van der Waals surface area contributed by atoms with Gasteiger partial charge in [-0.15, -0.1) is 0 Å². The van der Waals surface area contributed by atoms with E-state index in [1.807, 2.05) is 18.2 Å². The highest BCUT2D eigenvalue weighted by Gasteiger charge is 2.31. The first-order chi connectivity index (χ1) is 12.8. The molecule has 2 saturated heterocycles. The molecule has 0 bridgehead atoms. The molecule has 0 spiro atoms. The maximum atomic E-state index is 12.6. The van der Waals surface area contributed by atoms with Gasteiger partial charge in [-0.2, -0.15) is 0 Å². The number of carbonyl (C=O) groups is 1. The minimum Gasteiger partial charge on any atom is -0.350 e. The van der Waals surface area contributed by atoms with Gasteiger partial charge in [0.05, 0.1) is 24.8 Å². The molecule has 2 fully saturated rings. The minimum absolute atomic E-state index is 0.0806. The van der Waals surface area contributed by atoms with Crippen LogP contribution in [0.25, 0.3) is 0 Å². The summed E-state index contributed by atoms with van der Waals surface area (Å²) in [6, 6.07) is 6.33. The van der Waals surface area contributed by atoms with Crippen molar-refractivity contribution in [3.8, 4) is 0 Å². The zero-order chi connectivity index (χ0) is 18.2. The lowest BCUT2D eigenvalue weighted by atomic mass is 9.93. The molecule has 0 radical (unpaired) electrons. The summed E-state index contributed by atoms with van der Waals surface area (Å²) >= 11 is 0. The van der Waals surface area contributed by atoms with E-state index in [1.54, 1.807) is 6.20 Å². The van der Waals surface area contributed by atoms with E-state index in [2.05, 4.69) is 20.1 Å². The van der Waals surface area contributed by atoms with E-state index in [9.17, 15) is 9.18 Å². The first-order valence-electron chi connectivity index (χ1n) is 9.96. The van der Waals surface area contributed by atoms with Crippen LogP contribution in [-0.4, -0.2) is 66.1 Å². The molecule has 6 heteroatoms. The van der Waals surface area contributed by atoms with E-state index >= 15 is 0 Å². The number of carbonyl (C=O) groups excluding carboxylic acids is 1. The fourth-order valence-electron chi connectivity index (χ4n) is 4.17. The second-order valence-corrected chi connectivity index (χ2v) is 7.49.